The maximum absolute atomic E-state index is 13.2. The van der Waals surface area contributed by atoms with Crippen molar-refractivity contribution in [3.63, 3.8) is 0 Å². The van der Waals surface area contributed by atoms with Gasteiger partial charge in [0.25, 0.3) is 5.91 Å². The molecule has 1 aliphatic heterocycles. The highest BCUT2D eigenvalue weighted by atomic mass is 35.5. The summed E-state index contributed by atoms with van der Waals surface area (Å²) in [4.78, 5) is 25.2. The quantitative estimate of drug-likeness (QED) is 0.404. The molecule has 2 N–H and O–H groups in total. The minimum Gasteiger partial charge on any atom is -0.465 e. The Bertz CT molecular complexity index is 1310. The molecule has 6 rings (SSSR count). The number of carbonyl (C=O) groups is 2. The lowest BCUT2D eigenvalue weighted by atomic mass is 9.68. The number of carbonyl (C=O) groups excluding carboxylic acids is 2. The summed E-state index contributed by atoms with van der Waals surface area (Å²) in [5, 5.41) is 7.02. The fourth-order valence-corrected chi connectivity index (χ4v) is 6.88. The number of methoxy groups -OCH3 is 1. The highest BCUT2D eigenvalue weighted by Gasteiger charge is 2.53. The van der Waals surface area contributed by atoms with Crippen molar-refractivity contribution in [2.45, 2.75) is 31.2 Å². The Hall–Kier alpha value is -3.31. The second-order valence-corrected chi connectivity index (χ2v) is 10.3. The predicted octanol–water partition coefficient (Wildman–Crippen LogP) is 6.68. The summed E-state index contributed by atoms with van der Waals surface area (Å²) in [7, 11) is 1.30. The maximum atomic E-state index is 13.2. The molecule has 35 heavy (non-hydrogen) atoms. The van der Waals surface area contributed by atoms with Crippen LogP contribution in [0.15, 0.2) is 66.7 Å². The number of anilines is 2. The number of amides is 1. The normalized spacial score (nSPS) is 25.8. The summed E-state index contributed by atoms with van der Waals surface area (Å²) >= 11 is 6.12. The van der Waals surface area contributed by atoms with E-state index >= 15 is 0 Å². The monoisotopic (exact) mass is 486 g/mol. The van der Waals surface area contributed by atoms with Crippen LogP contribution in [0.25, 0.3) is 0 Å². The van der Waals surface area contributed by atoms with Crippen molar-refractivity contribution < 1.29 is 14.3 Å². The summed E-state index contributed by atoms with van der Waals surface area (Å²) in [5.41, 5.74) is 5.06. The zero-order valence-electron chi connectivity index (χ0n) is 19.5. The van der Waals surface area contributed by atoms with Gasteiger partial charge in [-0.3, -0.25) is 4.79 Å². The van der Waals surface area contributed by atoms with Crippen molar-refractivity contribution in [3.05, 3.63) is 94.0 Å². The third-order valence-corrected chi connectivity index (χ3v) is 8.47. The van der Waals surface area contributed by atoms with Gasteiger partial charge in [-0.05, 0) is 90.5 Å². The predicted molar refractivity (Wildman–Crippen MR) is 137 cm³/mol. The molecule has 0 unspecified atom stereocenters. The number of benzene rings is 3. The van der Waals surface area contributed by atoms with E-state index in [1.807, 2.05) is 12.1 Å². The maximum Gasteiger partial charge on any atom is 0.339 e. The van der Waals surface area contributed by atoms with E-state index in [0.717, 1.165) is 11.6 Å². The number of halogens is 1. The molecule has 0 radical (unpaired) electrons. The van der Waals surface area contributed by atoms with E-state index in [1.54, 1.807) is 18.2 Å². The number of esters is 1. The van der Waals surface area contributed by atoms with Gasteiger partial charge in [-0.15, -0.1) is 0 Å². The van der Waals surface area contributed by atoms with Gasteiger partial charge in [0.15, 0.2) is 0 Å². The Balaban J connectivity index is 1.31. The van der Waals surface area contributed by atoms with E-state index in [1.165, 1.54) is 37.5 Å². The Kier molecular flexibility index (Phi) is 5.53. The van der Waals surface area contributed by atoms with Crippen LogP contribution in [0.1, 0.15) is 63.1 Å². The lowest BCUT2D eigenvalue weighted by Crippen LogP contribution is -2.35. The molecule has 2 saturated carbocycles. The average molecular weight is 487 g/mol. The molecule has 1 heterocycles. The third kappa shape index (κ3) is 3.79. The molecule has 0 saturated heterocycles. The molecule has 1 amide bonds. The molecular formula is C29H27ClN2O3. The van der Waals surface area contributed by atoms with Crippen LogP contribution in [0.3, 0.4) is 0 Å². The Morgan fingerprint density at radius 2 is 1.80 bits per heavy atom. The fraction of sp³-hybridized carbons (Fsp3) is 0.310. The molecular weight excluding hydrogens is 460 g/mol. The summed E-state index contributed by atoms with van der Waals surface area (Å²) < 4.78 is 4.79. The van der Waals surface area contributed by atoms with Crippen LogP contribution in [-0.4, -0.2) is 19.0 Å². The zero-order chi connectivity index (χ0) is 24.1. The molecule has 2 aliphatic carbocycles. The van der Waals surface area contributed by atoms with Gasteiger partial charge in [0.2, 0.25) is 0 Å². The first kappa shape index (κ1) is 22.2. The molecule has 5 nitrogen and oxygen atoms in total. The van der Waals surface area contributed by atoms with Gasteiger partial charge in [-0.2, -0.15) is 0 Å². The highest BCUT2D eigenvalue weighted by Crippen LogP contribution is 2.63. The minimum absolute atomic E-state index is 0.212. The second-order valence-electron chi connectivity index (χ2n) is 9.91. The number of fused-ring (bicyclic) bond motifs is 7. The van der Waals surface area contributed by atoms with Gasteiger partial charge in [-0.1, -0.05) is 41.9 Å². The van der Waals surface area contributed by atoms with E-state index in [4.69, 9.17) is 16.3 Å². The Morgan fingerprint density at radius 3 is 2.60 bits per heavy atom. The molecule has 3 aromatic carbocycles. The Morgan fingerprint density at radius 1 is 1.00 bits per heavy atom. The van der Waals surface area contributed by atoms with Gasteiger partial charge in [0.1, 0.15) is 0 Å². The number of ether oxygens (including phenoxy) is 1. The van der Waals surface area contributed by atoms with Crippen LogP contribution in [0.4, 0.5) is 11.4 Å². The van der Waals surface area contributed by atoms with Crippen molar-refractivity contribution in [1.29, 1.82) is 0 Å². The van der Waals surface area contributed by atoms with E-state index in [-0.39, 0.29) is 16.5 Å². The van der Waals surface area contributed by atoms with Crippen molar-refractivity contribution >= 4 is 34.9 Å². The molecule has 178 valence electrons. The third-order valence-electron chi connectivity index (χ3n) is 8.14. The summed E-state index contributed by atoms with van der Waals surface area (Å²) in [6, 6.07) is 21.8. The molecule has 2 bridgehead atoms. The van der Waals surface area contributed by atoms with Crippen molar-refractivity contribution in [2.24, 2.45) is 17.8 Å². The van der Waals surface area contributed by atoms with E-state index in [2.05, 4.69) is 47.0 Å². The van der Waals surface area contributed by atoms with Gasteiger partial charge >= 0.3 is 5.97 Å². The summed E-state index contributed by atoms with van der Waals surface area (Å²) in [5.74, 6) is 1.65. The smallest absolute Gasteiger partial charge is 0.339 e. The zero-order valence-corrected chi connectivity index (χ0v) is 20.2. The first-order valence-electron chi connectivity index (χ1n) is 12.2. The van der Waals surface area contributed by atoms with Crippen LogP contribution >= 0.6 is 11.6 Å². The SMILES string of the molecule is COC(=O)c1cc(NC(=O)c2ccc3c(c2)[C@@H]2[C@H]4CC[C@@H](C4)[C@@H]2[C@H](c2ccccc2)N3)ccc1Cl. The summed E-state index contributed by atoms with van der Waals surface area (Å²) in [6.07, 6.45) is 3.84. The van der Waals surface area contributed by atoms with E-state index in [9.17, 15) is 9.59 Å². The topological polar surface area (TPSA) is 67.4 Å². The average Bonchev–Trinajstić information content (AvgIpc) is 3.52. The van der Waals surface area contributed by atoms with E-state index in [0.29, 0.717) is 35.0 Å². The van der Waals surface area contributed by atoms with Crippen LogP contribution in [0.2, 0.25) is 5.02 Å². The number of hydrogen-bond acceptors (Lipinski definition) is 4. The van der Waals surface area contributed by atoms with Gasteiger partial charge in [0, 0.05) is 16.9 Å². The van der Waals surface area contributed by atoms with Gasteiger partial charge in [-0.25, -0.2) is 4.79 Å². The lowest BCUT2D eigenvalue weighted by molar-refractivity contribution is 0.0600. The first-order chi connectivity index (χ1) is 17.0. The van der Waals surface area contributed by atoms with E-state index < -0.39 is 5.97 Å². The first-order valence-corrected chi connectivity index (χ1v) is 12.6. The van der Waals surface area contributed by atoms with Crippen molar-refractivity contribution in [2.75, 3.05) is 17.7 Å². The summed E-state index contributed by atoms with van der Waals surface area (Å²) in [6.45, 7) is 0. The standard InChI is InChI=1S/C29H27ClN2O3/c1-35-29(34)21-15-20(10-11-23(21)30)31-28(33)19-9-12-24-22(14-19)25-17-7-8-18(13-17)26(25)27(32-24)16-5-3-2-4-6-16/h2-6,9-12,14-15,17-18,25-27,32H,7-8,13H2,1H3,(H,31,33)/t17-,18-,25-,26-,27-/m0/s1. The lowest BCUT2D eigenvalue weighted by Gasteiger charge is -2.43. The molecule has 3 aliphatic rings. The minimum atomic E-state index is -0.541. The second kappa shape index (κ2) is 8.72. The van der Waals surface area contributed by atoms with Crippen LogP contribution < -0.4 is 10.6 Å². The van der Waals surface area contributed by atoms with Crippen LogP contribution in [0, 0.1) is 17.8 Å². The number of rotatable bonds is 4. The molecule has 6 heteroatoms. The molecule has 5 atom stereocenters. The van der Waals surface area contributed by atoms with Gasteiger partial charge in [0.05, 0.1) is 23.7 Å². The highest BCUT2D eigenvalue weighted by molar-refractivity contribution is 6.33. The molecule has 0 aromatic heterocycles. The largest absolute Gasteiger partial charge is 0.465 e. The molecule has 3 aromatic rings. The number of hydrogen-bond donors (Lipinski definition) is 2. The fourth-order valence-electron chi connectivity index (χ4n) is 6.69. The molecule has 2 fully saturated rings. The van der Waals surface area contributed by atoms with Crippen molar-refractivity contribution in [1.82, 2.24) is 0 Å². The Labute approximate surface area is 209 Å². The van der Waals surface area contributed by atoms with Gasteiger partial charge < -0.3 is 15.4 Å². The molecule has 0 spiro atoms. The van der Waals surface area contributed by atoms with Crippen LogP contribution in [-0.2, 0) is 4.74 Å². The van der Waals surface area contributed by atoms with Crippen LogP contribution in [0.5, 0.6) is 0 Å². The van der Waals surface area contributed by atoms with Crippen molar-refractivity contribution in [3.8, 4) is 0 Å². The number of nitrogens with one attached hydrogen (secondary N) is 2.